The molecule has 4 heterocycles. The van der Waals surface area contributed by atoms with Gasteiger partial charge in [0.15, 0.2) is 0 Å². The Morgan fingerprint density at radius 1 is 0.921 bits per heavy atom. The number of alkyl halides is 6. The van der Waals surface area contributed by atoms with Gasteiger partial charge in [-0.25, -0.2) is 14.3 Å². The number of rotatable bonds is 2. The number of thiophene rings is 1. The number of fused-ring (bicyclic) bond motifs is 1. The minimum Gasteiger partial charge on any atom is -0.475 e. The van der Waals surface area contributed by atoms with Gasteiger partial charge in [0, 0.05) is 47.8 Å². The van der Waals surface area contributed by atoms with Gasteiger partial charge in [0.1, 0.15) is 5.69 Å². The van der Waals surface area contributed by atoms with Crippen molar-refractivity contribution in [2.24, 2.45) is 7.05 Å². The van der Waals surface area contributed by atoms with Crippen molar-refractivity contribution in [3.63, 3.8) is 0 Å². The molecule has 4 aromatic heterocycles. The number of halogens is 6. The topological polar surface area (TPSA) is 135 Å². The summed E-state index contributed by atoms with van der Waals surface area (Å²) in [6.45, 7) is 1.94. The van der Waals surface area contributed by atoms with Crippen molar-refractivity contribution in [2.75, 3.05) is 0 Å². The third-order valence-corrected chi connectivity index (χ3v) is 5.40. The van der Waals surface area contributed by atoms with Gasteiger partial charge in [0.05, 0.1) is 10.1 Å². The van der Waals surface area contributed by atoms with Crippen molar-refractivity contribution in [1.82, 2.24) is 19.7 Å². The highest BCUT2D eigenvalue weighted by Crippen LogP contribution is 2.36. The summed E-state index contributed by atoms with van der Waals surface area (Å²) in [5.74, 6) is -5.51. The Hall–Kier alpha value is -4.34. The molecule has 0 aliphatic carbocycles. The van der Waals surface area contributed by atoms with Gasteiger partial charge < -0.3 is 10.2 Å². The molecule has 0 aliphatic heterocycles. The number of hydrogen-bond acceptors (Lipinski definition) is 7. The number of hydrogen-bond donors (Lipinski definition) is 2. The summed E-state index contributed by atoms with van der Waals surface area (Å²) in [4.78, 5) is 38.8. The van der Waals surface area contributed by atoms with Gasteiger partial charge in [-0.15, -0.1) is 11.3 Å². The first-order valence-corrected chi connectivity index (χ1v) is 10.8. The van der Waals surface area contributed by atoms with Crippen molar-refractivity contribution in [3.05, 3.63) is 64.3 Å². The highest BCUT2D eigenvalue weighted by atomic mass is 32.1. The van der Waals surface area contributed by atoms with Gasteiger partial charge in [0.25, 0.3) is 5.56 Å². The molecule has 9 nitrogen and oxygen atoms in total. The van der Waals surface area contributed by atoms with Gasteiger partial charge in [0.2, 0.25) is 0 Å². The maximum atomic E-state index is 12.7. The average Bonchev–Trinajstić information content (AvgIpc) is 3.27. The molecule has 4 rings (SSSR count). The molecule has 16 heteroatoms. The van der Waals surface area contributed by atoms with Crippen molar-refractivity contribution in [2.45, 2.75) is 19.3 Å². The Morgan fingerprint density at radius 2 is 1.42 bits per heavy atom. The predicted molar refractivity (Wildman–Crippen MR) is 123 cm³/mol. The number of carboxylic acids is 2. The first-order chi connectivity index (χ1) is 17.5. The van der Waals surface area contributed by atoms with Gasteiger partial charge in [-0.2, -0.15) is 31.4 Å². The van der Waals surface area contributed by atoms with E-state index in [0.29, 0.717) is 5.39 Å². The van der Waals surface area contributed by atoms with E-state index < -0.39 is 24.3 Å². The van der Waals surface area contributed by atoms with E-state index in [0.717, 1.165) is 32.8 Å². The van der Waals surface area contributed by atoms with Crippen molar-refractivity contribution < 1.29 is 46.1 Å². The van der Waals surface area contributed by atoms with E-state index in [2.05, 4.69) is 15.1 Å². The van der Waals surface area contributed by atoms with Crippen molar-refractivity contribution in [3.8, 4) is 22.4 Å². The Balaban J connectivity index is 0.000000301. The fourth-order valence-corrected chi connectivity index (χ4v) is 3.85. The molecule has 0 atom stereocenters. The van der Waals surface area contributed by atoms with E-state index in [-0.39, 0.29) is 5.56 Å². The van der Waals surface area contributed by atoms with Crippen LogP contribution in [-0.2, 0) is 16.6 Å². The van der Waals surface area contributed by atoms with Crippen molar-refractivity contribution >= 4 is 33.4 Å². The zero-order valence-corrected chi connectivity index (χ0v) is 20.0. The third-order valence-electron chi connectivity index (χ3n) is 4.41. The zero-order chi connectivity index (χ0) is 28.8. The fourth-order valence-electron chi connectivity index (χ4n) is 2.77. The average molecular weight is 562 g/mol. The summed E-state index contributed by atoms with van der Waals surface area (Å²) in [6.07, 6.45) is -4.93. The minimum absolute atomic E-state index is 0.0902. The second-order valence-electron chi connectivity index (χ2n) is 7.16. The normalized spacial score (nSPS) is 11.2. The number of pyridine rings is 2. The van der Waals surface area contributed by atoms with Gasteiger partial charge >= 0.3 is 24.3 Å². The molecule has 0 saturated carbocycles. The molecule has 4 aromatic rings. The maximum Gasteiger partial charge on any atom is 0.490 e. The van der Waals surface area contributed by atoms with E-state index in [4.69, 9.17) is 19.8 Å². The van der Waals surface area contributed by atoms with Gasteiger partial charge in [-0.1, -0.05) is 0 Å². The van der Waals surface area contributed by atoms with E-state index in [1.54, 1.807) is 37.0 Å². The van der Waals surface area contributed by atoms with Crippen LogP contribution in [0.1, 0.15) is 5.69 Å². The Kier molecular flexibility index (Phi) is 9.29. The molecule has 0 spiro atoms. The number of aryl methyl sites for hydroxylation is 2. The molecule has 0 aromatic carbocycles. The van der Waals surface area contributed by atoms with Crippen LogP contribution in [-0.4, -0.2) is 54.3 Å². The second-order valence-corrected chi connectivity index (χ2v) is 8.04. The van der Waals surface area contributed by atoms with Crippen LogP contribution < -0.4 is 5.56 Å². The SMILES string of the molecule is Cc1cc(-c2nn(C)c(=O)c3c(-c4ccncc4)csc23)ccn1.O=C(O)C(F)(F)F.O=C(O)C(F)(F)F. The number of aliphatic carboxylic acids is 2. The third kappa shape index (κ3) is 7.58. The zero-order valence-electron chi connectivity index (χ0n) is 19.2. The molecule has 0 amide bonds. The Bertz CT molecular complexity index is 1480. The van der Waals surface area contributed by atoms with E-state index in [1.165, 1.54) is 4.68 Å². The highest BCUT2D eigenvalue weighted by Gasteiger charge is 2.38. The van der Waals surface area contributed by atoms with Crippen molar-refractivity contribution in [1.29, 1.82) is 0 Å². The first kappa shape index (κ1) is 29.9. The number of aromatic nitrogens is 4. The molecule has 2 N–H and O–H groups in total. The quantitative estimate of drug-likeness (QED) is 0.336. The van der Waals surface area contributed by atoms with Crippen LogP contribution in [0.3, 0.4) is 0 Å². The van der Waals surface area contributed by atoms with Crippen LogP contribution in [0.25, 0.3) is 32.5 Å². The summed E-state index contributed by atoms with van der Waals surface area (Å²) in [5, 5.41) is 21.5. The summed E-state index contributed by atoms with van der Waals surface area (Å²) in [7, 11) is 1.69. The monoisotopic (exact) mass is 562 g/mol. The molecule has 0 bridgehead atoms. The molecule has 0 saturated heterocycles. The molecule has 0 fully saturated rings. The van der Waals surface area contributed by atoms with Crippen LogP contribution in [0.5, 0.6) is 0 Å². The number of nitrogens with zero attached hydrogens (tertiary/aromatic N) is 4. The molecular formula is C22H16F6N4O5S. The van der Waals surface area contributed by atoms with Crippen LogP contribution in [0.4, 0.5) is 26.3 Å². The lowest BCUT2D eigenvalue weighted by atomic mass is 10.1. The Labute approximate surface area is 212 Å². The first-order valence-electron chi connectivity index (χ1n) is 9.96. The smallest absolute Gasteiger partial charge is 0.475 e. The van der Waals surface area contributed by atoms with E-state index in [9.17, 15) is 31.1 Å². The summed E-state index contributed by atoms with van der Waals surface area (Å²) >= 11 is 1.54. The van der Waals surface area contributed by atoms with Crippen LogP contribution in [0, 0.1) is 6.92 Å². The molecular weight excluding hydrogens is 546 g/mol. The number of carbonyl (C=O) groups is 2. The Morgan fingerprint density at radius 3 is 1.89 bits per heavy atom. The summed E-state index contributed by atoms with van der Waals surface area (Å²) in [6, 6.07) is 7.73. The molecule has 0 aliphatic rings. The standard InChI is InChI=1S/C18H14N4OS.2C2HF3O2/c1-11-9-13(5-8-20-11)16-17-15(18(23)22(2)21-16)14(10-24-17)12-3-6-19-7-4-12;2*3-2(4,5)1(6)7/h3-10H,1-2H3;2*(H,6,7). The molecule has 38 heavy (non-hydrogen) atoms. The molecule has 0 unspecified atom stereocenters. The second kappa shape index (κ2) is 11.8. The predicted octanol–water partition coefficient (Wildman–Crippen LogP) is 4.69. The maximum absolute atomic E-state index is 12.7. The highest BCUT2D eigenvalue weighted by molar-refractivity contribution is 7.18. The molecule has 0 radical (unpaired) electrons. The van der Waals surface area contributed by atoms with Gasteiger partial charge in [-0.05, 0) is 36.8 Å². The fraction of sp³-hybridized carbons (Fsp3) is 0.182. The van der Waals surface area contributed by atoms with Crippen LogP contribution in [0.15, 0.2) is 53.0 Å². The van der Waals surface area contributed by atoms with E-state index in [1.807, 2.05) is 36.6 Å². The summed E-state index contributed by atoms with van der Waals surface area (Å²) in [5.41, 5.74) is 4.51. The lowest BCUT2D eigenvalue weighted by Crippen LogP contribution is -2.21. The van der Waals surface area contributed by atoms with E-state index >= 15 is 0 Å². The molecule has 202 valence electrons. The van der Waals surface area contributed by atoms with Crippen LogP contribution in [0.2, 0.25) is 0 Å². The minimum atomic E-state index is -5.08. The van der Waals surface area contributed by atoms with Crippen LogP contribution >= 0.6 is 11.3 Å². The summed E-state index contributed by atoms with van der Waals surface area (Å²) < 4.78 is 65.8. The lowest BCUT2D eigenvalue weighted by molar-refractivity contribution is -0.193. The largest absolute Gasteiger partial charge is 0.490 e. The lowest BCUT2D eigenvalue weighted by Gasteiger charge is -2.07. The number of carboxylic acid groups (broad SMARTS) is 2. The van der Waals surface area contributed by atoms with Gasteiger partial charge in [-0.3, -0.25) is 14.8 Å².